The lowest BCUT2D eigenvalue weighted by atomic mass is 9.95. The maximum Gasteiger partial charge on any atom is 0.415 e. The third-order valence-electron chi connectivity index (χ3n) is 4.07. The van der Waals surface area contributed by atoms with E-state index in [9.17, 15) is 9.59 Å². The van der Waals surface area contributed by atoms with Gasteiger partial charge >= 0.3 is 6.09 Å². The first-order valence-corrected chi connectivity index (χ1v) is 8.39. The molecule has 2 heterocycles. The minimum atomic E-state index is -0.573. The number of nitrogens with zero attached hydrogens (tertiary/aromatic N) is 3. The van der Waals surface area contributed by atoms with Crippen molar-refractivity contribution in [3.05, 3.63) is 23.9 Å². The highest BCUT2D eigenvalue weighted by Crippen LogP contribution is 2.35. The van der Waals surface area contributed by atoms with Crippen LogP contribution in [0.4, 0.5) is 10.6 Å². The average molecular weight is 333 g/mol. The minimum Gasteiger partial charge on any atom is -0.443 e. The van der Waals surface area contributed by atoms with Crippen molar-refractivity contribution in [2.75, 3.05) is 18.5 Å². The molecule has 0 aliphatic carbocycles. The normalized spacial score (nSPS) is 18.2. The molecule has 0 radical (unpaired) electrons. The molecule has 2 rings (SSSR count). The number of anilines is 1. The number of hydrogen-bond acceptors (Lipinski definition) is 4. The fourth-order valence-electron chi connectivity index (χ4n) is 3.00. The van der Waals surface area contributed by atoms with Crippen LogP contribution in [-0.4, -0.2) is 41.1 Å². The summed E-state index contributed by atoms with van der Waals surface area (Å²) in [4.78, 5) is 32.1. The van der Waals surface area contributed by atoms with Crippen LogP contribution in [0.1, 0.15) is 58.6 Å². The molecule has 0 aromatic carbocycles. The van der Waals surface area contributed by atoms with Crippen molar-refractivity contribution < 1.29 is 14.3 Å². The summed E-state index contributed by atoms with van der Waals surface area (Å²) in [7, 11) is 1.65. The molecule has 1 aliphatic rings. The lowest BCUT2D eigenvalue weighted by Gasteiger charge is -2.36. The minimum absolute atomic E-state index is 0.0504. The zero-order chi connectivity index (χ0) is 17.9. The van der Waals surface area contributed by atoms with Crippen LogP contribution in [0.15, 0.2) is 18.3 Å². The van der Waals surface area contributed by atoms with Gasteiger partial charge in [0.05, 0.1) is 6.04 Å². The molecule has 1 fully saturated rings. The molecule has 2 amide bonds. The molecule has 1 aromatic rings. The second kappa shape index (κ2) is 7.20. The van der Waals surface area contributed by atoms with Crippen LogP contribution in [0.25, 0.3) is 0 Å². The zero-order valence-electron chi connectivity index (χ0n) is 15.2. The number of piperidine rings is 1. The van der Waals surface area contributed by atoms with E-state index in [0.29, 0.717) is 5.82 Å². The fourth-order valence-corrected chi connectivity index (χ4v) is 3.00. The van der Waals surface area contributed by atoms with Crippen molar-refractivity contribution in [2.45, 2.75) is 58.6 Å². The molecule has 0 bridgehead atoms. The summed E-state index contributed by atoms with van der Waals surface area (Å²) in [5.74, 6) is 0.597. The van der Waals surface area contributed by atoms with Gasteiger partial charge in [-0.25, -0.2) is 9.78 Å². The van der Waals surface area contributed by atoms with Crippen LogP contribution < -0.4 is 4.90 Å². The van der Waals surface area contributed by atoms with E-state index >= 15 is 0 Å². The third-order valence-corrected chi connectivity index (χ3v) is 4.07. The van der Waals surface area contributed by atoms with E-state index < -0.39 is 11.7 Å². The number of hydrogen-bond donors (Lipinski definition) is 0. The number of carbonyl (C=O) groups excluding carboxylic acids is 2. The van der Waals surface area contributed by atoms with Crippen molar-refractivity contribution >= 4 is 17.8 Å². The number of likely N-dealkylation sites (tertiary alicyclic amines) is 1. The number of rotatable bonds is 2. The summed E-state index contributed by atoms with van der Waals surface area (Å²) in [5.41, 5.74) is 0.317. The maximum atomic E-state index is 12.4. The van der Waals surface area contributed by atoms with Crippen LogP contribution in [-0.2, 0) is 9.53 Å². The summed E-state index contributed by atoms with van der Waals surface area (Å²) in [6.45, 7) is 7.82. The van der Waals surface area contributed by atoms with Gasteiger partial charge in [0.1, 0.15) is 11.4 Å². The van der Waals surface area contributed by atoms with E-state index in [-0.39, 0.29) is 11.9 Å². The quantitative estimate of drug-likeness (QED) is 0.830. The standard InChI is InChI=1S/C18H27N3O3/c1-13(22)21-12-7-6-10-15(21)14-9-8-11-19-16(14)20(5)17(23)24-18(2,3)4/h8-9,11,15H,6-7,10,12H2,1-5H3/t15-/m1/s1. The van der Waals surface area contributed by atoms with Crippen molar-refractivity contribution in [1.82, 2.24) is 9.88 Å². The first kappa shape index (κ1) is 18.2. The van der Waals surface area contributed by atoms with E-state index in [2.05, 4.69) is 4.98 Å². The summed E-state index contributed by atoms with van der Waals surface area (Å²) < 4.78 is 5.44. The first-order valence-electron chi connectivity index (χ1n) is 8.39. The summed E-state index contributed by atoms with van der Waals surface area (Å²) >= 11 is 0. The van der Waals surface area contributed by atoms with Gasteiger partial charge in [0.2, 0.25) is 5.91 Å². The molecule has 132 valence electrons. The van der Waals surface area contributed by atoms with E-state index in [1.165, 1.54) is 4.90 Å². The van der Waals surface area contributed by atoms with Gasteiger partial charge in [0, 0.05) is 32.3 Å². The Bertz CT molecular complexity index is 610. The molecular formula is C18H27N3O3. The van der Waals surface area contributed by atoms with Crippen molar-refractivity contribution in [3.8, 4) is 0 Å². The summed E-state index contributed by atoms with van der Waals surface area (Å²) in [6, 6.07) is 3.73. The highest BCUT2D eigenvalue weighted by atomic mass is 16.6. The third kappa shape index (κ3) is 4.24. The highest BCUT2D eigenvalue weighted by Gasteiger charge is 2.31. The Morgan fingerprint density at radius 3 is 2.67 bits per heavy atom. The van der Waals surface area contributed by atoms with Gasteiger partial charge in [-0.3, -0.25) is 9.69 Å². The number of amides is 2. The second-order valence-electron chi connectivity index (χ2n) is 7.18. The fraction of sp³-hybridized carbons (Fsp3) is 0.611. The molecule has 0 N–H and O–H groups in total. The lowest BCUT2D eigenvalue weighted by molar-refractivity contribution is -0.132. The molecule has 6 nitrogen and oxygen atoms in total. The van der Waals surface area contributed by atoms with Crippen LogP contribution >= 0.6 is 0 Å². The molecule has 6 heteroatoms. The molecule has 1 aliphatic heterocycles. The topological polar surface area (TPSA) is 62.7 Å². The predicted octanol–water partition coefficient (Wildman–Crippen LogP) is 3.53. The van der Waals surface area contributed by atoms with Crippen molar-refractivity contribution in [2.24, 2.45) is 0 Å². The molecule has 1 saturated heterocycles. The number of aromatic nitrogens is 1. The second-order valence-corrected chi connectivity index (χ2v) is 7.18. The van der Waals surface area contributed by atoms with Gasteiger partial charge in [-0.15, -0.1) is 0 Å². The predicted molar refractivity (Wildman–Crippen MR) is 92.9 cm³/mol. The zero-order valence-corrected chi connectivity index (χ0v) is 15.2. The largest absolute Gasteiger partial charge is 0.443 e. The lowest BCUT2D eigenvalue weighted by Crippen LogP contribution is -2.39. The van der Waals surface area contributed by atoms with Gasteiger partial charge in [-0.05, 0) is 46.1 Å². The maximum absolute atomic E-state index is 12.4. The number of pyridine rings is 1. The smallest absolute Gasteiger partial charge is 0.415 e. The van der Waals surface area contributed by atoms with E-state index in [1.54, 1.807) is 20.2 Å². The molecule has 0 saturated carbocycles. The van der Waals surface area contributed by atoms with Gasteiger partial charge < -0.3 is 9.64 Å². The average Bonchev–Trinajstić information content (AvgIpc) is 2.52. The Morgan fingerprint density at radius 2 is 2.04 bits per heavy atom. The Balaban J connectivity index is 2.32. The molecule has 24 heavy (non-hydrogen) atoms. The van der Waals surface area contributed by atoms with E-state index in [4.69, 9.17) is 4.74 Å². The van der Waals surface area contributed by atoms with Crippen molar-refractivity contribution in [1.29, 1.82) is 0 Å². The Labute approximate surface area is 143 Å². The first-order chi connectivity index (χ1) is 11.2. The summed E-state index contributed by atoms with van der Waals surface area (Å²) in [5, 5.41) is 0. The van der Waals surface area contributed by atoms with Crippen LogP contribution in [0.3, 0.4) is 0 Å². The van der Waals surface area contributed by atoms with E-state index in [1.807, 2.05) is 37.8 Å². The Hall–Kier alpha value is -2.11. The highest BCUT2D eigenvalue weighted by molar-refractivity contribution is 5.87. The van der Waals surface area contributed by atoms with Crippen molar-refractivity contribution in [3.63, 3.8) is 0 Å². The Kier molecular flexibility index (Phi) is 5.47. The van der Waals surface area contributed by atoms with Crippen LogP contribution in [0.5, 0.6) is 0 Å². The van der Waals surface area contributed by atoms with Gasteiger partial charge in [-0.2, -0.15) is 0 Å². The molecule has 1 aromatic heterocycles. The molecule has 1 atom stereocenters. The summed E-state index contributed by atoms with van der Waals surface area (Å²) in [6.07, 6.45) is 4.14. The molecular weight excluding hydrogens is 306 g/mol. The van der Waals surface area contributed by atoms with Crippen LogP contribution in [0, 0.1) is 0 Å². The molecule has 0 unspecified atom stereocenters. The number of carbonyl (C=O) groups is 2. The van der Waals surface area contributed by atoms with Gasteiger partial charge in [0.15, 0.2) is 0 Å². The van der Waals surface area contributed by atoms with Gasteiger partial charge in [0.25, 0.3) is 0 Å². The number of ether oxygens (including phenoxy) is 1. The Morgan fingerprint density at radius 1 is 1.33 bits per heavy atom. The molecule has 0 spiro atoms. The van der Waals surface area contributed by atoms with Crippen LogP contribution in [0.2, 0.25) is 0 Å². The van der Waals surface area contributed by atoms with E-state index in [0.717, 1.165) is 31.4 Å². The van der Waals surface area contributed by atoms with Gasteiger partial charge in [-0.1, -0.05) is 6.07 Å². The monoisotopic (exact) mass is 333 g/mol. The SMILES string of the molecule is CC(=O)N1CCCC[C@@H]1c1cccnc1N(C)C(=O)OC(C)(C)C.